The van der Waals surface area contributed by atoms with Gasteiger partial charge in [0.25, 0.3) is 0 Å². The van der Waals surface area contributed by atoms with Crippen LogP contribution in [-0.4, -0.2) is 19.5 Å². The van der Waals surface area contributed by atoms with E-state index in [0.717, 1.165) is 99.5 Å². The largest absolute Gasteiger partial charge is 0.455 e. The Morgan fingerprint density at radius 2 is 0.887 bits per heavy atom. The number of nitrogens with zero attached hydrogens (tertiary/aromatic N) is 4. The van der Waals surface area contributed by atoms with Gasteiger partial charge in [-0.05, 0) is 75.8 Å². The third kappa shape index (κ3) is 5.90. The lowest BCUT2D eigenvalue weighted by Gasteiger charge is -2.16. The Morgan fingerprint density at radius 3 is 1.58 bits per heavy atom. The molecule has 0 amide bonds. The molecular weight excluding hydrogens is 757 g/mol. The quantitative estimate of drug-likeness (QED) is 0.161. The third-order valence-corrected chi connectivity index (χ3v) is 11.9. The number of rotatable bonds is 7. The highest BCUT2D eigenvalue weighted by Gasteiger charge is 2.23. The SMILES string of the molecule is c1ccc(-c2nc(-c3ccccc3)nc(-c3cc(-c4ccccc4-c4ccccc4)ccc3-c3cccc4oc5c(ccc6c5c5ccccc5n6-c5ccccc5)c34)n2)cc1. The van der Waals surface area contributed by atoms with Crippen molar-refractivity contribution in [3.8, 4) is 73.2 Å². The minimum Gasteiger partial charge on any atom is -0.455 e. The van der Waals surface area contributed by atoms with Crippen LogP contribution in [0.5, 0.6) is 0 Å². The summed E-state index contributed by atoms with van der Waals surface area (Å²) in [5.74, 6) is 1.81. The number of hydrogen-bond acceptors (Lipinski definition) is 4. The molecule has 0 fully saturated rings. The van der Waals surface area contributed by atoms with Gasteiger partial charge in [0, 0.05) is 38.5 Å². The zero-order chi connectivity index (χ0) is 41.0. The molecule has 0 radical (unpaired) electrons. The molecule has 0 unspecified atom stereocenters. The Kier molecular flexibility index (Phi) is 8.42. The first-order valence-corrected chi connectivity index (χ1v) is 20.9. The lowest BCUT2D eigenvalue weighted by Crippen LogP contribution is -2.01. The van der Waals surface area contributed by atoms with Gasteiger partial charge in [-0.25, -0.2) is 15.0 Å². The van der Waals surface area contributed by atoms with Crippen molar-refractivity contribution in [2.45, 2.75) is 0 Å². The summed E-state index contributed by atoms with van der Waals surface area (Å²) < 4.78 is 9.32. The van der Waals surface area contributed by atoms with E-state index in [0.29, 0.717) is 17.5 Å². The van der Waals surface area contributed by atoms with Crippen LogP contribution in [0.15, 0.2) is 223 Å². The van der Waals surface area contributed by atoms with Gasteiger partial charge in [-0.3, -0.25) is 0 Å². The summed E-state index contributed by atoms with van der Waals surface area (Å²) in [5.41, 5.74) is 14.3. The van der Waals surface area contributed by atoms with Crippen LogP contribution in [0, 0.1) is 0 Å². The Morgan fingerprint density at radius 1 is 0.323 bits per heavy atom. The van der Waals surface area contributed by atoms with Crippen LogP contribution in [-0.2, 0) is 0 Å². The van der Waals surface area contributed by atoms with Crippen LogP contribution in [0.3, 0.4) is 0 Å². The lowest BCUT2D eigenvalue weighted by molar-refractivity contribution is 0.673. The van der Waals surface area contributed by atoms with E-state index in [9.17, 15) is 0 Å². The number of para-hydroxylation sites is 2. The molecule has 0 aliphatic rings. The van der Waals surface area contributed by atoms with E-state index in [2.05, 4.69) is 187 Å². The van der Waals surface area contributed by atoms with Crippen LogP contribution in [0.2, 0.25) is 0 Å². The molecule has 5 nitrogen and oxygen atoms in total. The fourth-order valence-corrected chi connectivity index (χ4v) is 9.08. The van der Waals surface area contributed by atoms with Gasteiger partial charge in [0.05, 0.1) is 16.4 Å². The fraction of sp³-hybridized carbons (Fsp3) is 0. The van der Waals surface area contributed by atoms with E-state index in [1.165, 1.54) is 0 Å². The van der Waals surface area contributed by atoms with Crippen molar-refractivity contribution in [1.82, 2.24) is 19.5 Å². The van der Waals surface area contributed by atoms with Crippen molar-refractivity contribution >= 4 is 43.7 Å². The average molecular weight is 793 g/mol. The summed E-state index contributed by atoms with van der Waals surface area (Å²) in [4.78, 5) is 15.6. The molecule has 0 bridgehead atoms. The average Bonchev–Trinajstić information content (AvgIpc) is 3.91. The highest BCUT2D eigenvalue weighted by Crippen LogP contribution is 2.46. The molecule has 0 N–H and O–H groups in total. The number of fused-ring (bicyclic) bond motifs is 7. The minimum atomic E-state index is 0.588. The zero-order valence-electron chi connectivity index (χ0n) is 33.5. The first-order valence-electron chi connectivity index (χ1n) is 20.9. The molecule has 0 saturated carbocycles. The molecule has 9 aromatic carbocycles. The molecule has 0 spiro atoms. The maximum absolute atomic E-state index is 6.99. The van der Waals surface area contributed by atoms with E-state index < -0.39 is 0 Å². The summed E-state index contributed by atoms with van der Waals surface area (Å²) in [6.07, 6.45) is 0. The molecular formula is C57H36N4O. The van der Waals surface area contributed by atoms with Crippen LogP contribution in [0.4, 0.5) is 0 Å². The fourth-order valence-electron chi connectivity index (χ4n) is 9.08. The smallest absolute Gasteiger partial charge is 0.164 e. The monoisotopic (exact) mass is 792 g/mol. The van der Waals surface area contributed by atoms with Gasteiger partial charge in [0.15, 0.2) is 17.5 Å². The van der Waals surface area contributed by atoms with Crippen molar-refractivity contribution < 1.29 is 4.42 Å². The second-order valence-corrected chi connectivity index (χ2v) is 15.5. The maximum atomic E-state index is 6.99. The van der Waals surface area contributed by atoms with Gasteiger partial charge in [0.2, 0.25) is 0 Å². The molecule has 5 heteroatoms. The summed E-state index contributed by atoms with van der Waals surface area (Å²) in [6, 6.07) is 76.1. The number of furan rings is 1. The Labute approximate surface area is 357 Å². The van der Waals surface area contributed by atoms with E-state index in [-0.39, 0.29) is 0 Å². The van der Waals surface area contributed by atoms with E-state index in [1.807, 2.05) is 36.4 Å². The lowest BCUT2D eigenvalue weighted by atomic mass is 9.89. The molecule has 290 valence electrons. The van der Waals surface area contributed by atoms with Gasteiger partial charge in [-0.1, -0.05) is 176 Å². The molecule has 0 aliphatic carbocycles. The summed E-state index contributed by atoms with van der Waals surface area (Å²) >= 11 is 0. The van der Waals surface area contributed by atoms with Gasteiger partial charge >= 0.3 is 0 Å². The van der Waals surface area contributed by atoms with E-state index in [4.69, 9.17) is 19.4 Å². The predicted molar refractivity (Wildman–Crippen MR) is 254 cm³/mol. The molecule has 12 aromatic rings. The van der Waals surface area contributed by atoms with Crippen LogP contribution >= 0.6 is 0 Å². The maximum Gasteiger partial charge on any atom is 0.164 e. The molecule has 12 rings (SSSR count). The summed E-state index contributed by atoms with van der Waals surface area (Å²) in [7, 11) is 0. The summed E-state index contributed by atoms with van der Waals surface area (Å²) in [5, 5.41) is 4.33. The van der Waals surface area contributed by atoms with Crippen molar-refractivity contribution in [3.05, 3.63) is 218 Å². The highest BCUT2D eigenvalue weighted by molar-refractivity contribution is 6.26. The first kappa shape index (κ1) is 35.5. The summed E-state index contributed by atoms with van der Waals surface area (Å²) in [6.45, 7) is 0. The molecule has 3 aromatic heterocycles. The van der Waals surface area contributed by atoms with Crippen LogP contribution < -0.4 is 0 Å². The van der Waals surface area contributed by atoms with Crippen LogP contribution in [0.25, 0.3) is 117 Å². The van der Waals surface area contributed by atoms with E-state index in [1.54, 1.807) is 0 Å². The van der Waals surface area contributed by atoms with E-state index >= 15 is 0 Å². The standard InChI is InChI=1S/C57H36N4O/c1-5-18-37(19-6-1)42-26-13-14-27-43(42)40-32-33-44(48(36-40)57-59-55(38-20-7-2-8-21-38)58-56(60-57)39-22-9-3-10-23-39)45-29-17-31-51-52(45)47-34-35-50-53(54(47)62-51)46-28-15-16-30-49(46)61(50)41-24-11-4-12-25-41/h1-36H. The van der Waals surface area contributed by atoms with Crippen molar-refractivity contribution in [2.24, 2.45) is 0 Å². The molecule has 0 saturated heterocycles. The normalized spacial score (nSPS) is 11.5. The number of hydrogen-bond donors (Lipinski definition) is 0. The van der Waals surface area contributed by atoms with Crippen LogP contribution in [0.1, 0.15) is 0 Å². The molecule has 0 atom stereocenters. The Balaban J connectivity index is 1.14. The third-order valence-electron chi connectivity index (χ3n) is 11.9. The number of benzene rings is 9. The van der Waals surface area contributed by atoms with Gasteiger partial charge in [-0.2, -0.15) is 0 Å². The van der Waals surface area contributed by atoms with Gasteiger partial charge in [0.1, 0.15) is 11.2 Å². The van der Waals surface area contributed by atoms with Crippen molar-refractivity contribution in [3.63, 3.8) is 0 Å². The second-order valence-electron chi connectivity index (χ2n) is 15.5. The Hall–Kier alpha value is -8.41. The van der Waals surface area contributed by atoms with Gasteiger partial charge < -0.3 is 8.98 Å². The predicted octanol–water partition coefficient (Wildman–Crippen LogP) is 14.9. The molecule has 0 aliphatic heterocycles. The second kappa shape index (κ2) is 14.7. The van der Waals surface area contributed by atoms with Crippen molar-refractivity contribution in [2.75, 3.05) is 0 Å². The first-order chi connectivity index (χ1) is 30.8. The number of aromatic nitrogens is 4. The van der Waals surface area contributed by atoms with Gasteiger partial charge in [-0.15, -0.1) is 0 Å². The Bertz CT molecular complexity index is 3560. The highest BCUT2D eigenvalue weighted by atomic mass is 16.3. The minimum absolute atomic E-state index is 0.588. The topological polar surface area (TPSA) is 56.7 Å². The zero-order valence-corrected chi connectivity index (χ0v) is 33.5. The molecule has 62 heavy (non-hydrogen) atoms. The van der Waals surface area contributed by atoms with Crippen molar-refractivity contribution in [1.29, 1.82) is 0 Å². The molecule has 3 heterocycles.